The molecule has 0 amide bonds. The van der Waals surface area contributed by atoms with E-state index in [2.05, 4.69) is 5.14 Å². The molecule has 0 heterocycles. The Morgan fingerprint density at radius 2 is 1.73 bits per heavy atom. The first-order valence-corrected chi connectivity index (χ1v) is 5.47. The summed E-state index contributed by atoms with van der Waals surface area (Å²) >= 11 is 0. The van der Waals surface area contributed by atoms with E-state index >= 15 is 0 Å². The van der Waals surface area contributed by atoms with Crippen LogP contribution in [0.5, 0.6) is 5.75 Å². The summed E-state index contributed by atoms with van der Waals surface area (Å²) in [5.41, 5.74) is 0. The van der Waals surface area contributed by atoms with Gasteiger partial charge in [0, 0.05) is 0 Å². The van der Waals surface area contributed by atoms with E-state index in [4.69, 9.17) is 22.8 Å². The SMILES string of the molecule is NS(=O)(=O)O.OCCOc1ccccc1. The van der Waals surface area contributed by atoms with Gasteiger partial charge in [0.15, 0.2) is 0 Å². The van der Waals surface area contributed by atoms with Gasteiger partial charge in [-0.25, -0.2) is 5.14 Å². The minimum absolute atomic E-state index is 0.0644. The molecule has 15 heavy (non-hydrogen) atoms. The van der Waals surface area contributed by atoms with Gasteiger partial charge in [-0.15, -0.1) is 0 Å². The molecular weight excluding hydrogens is 222 g/mol. The molecular formula is C8H13NO5S. The van der Waals surface area contributed by atoms with Crippen LogP contribution in [0.2, 0.25) is 0 Å². The van der Waals surface area contributed by atoms with E-state index in [1.165, 1.54) is 0 Å². The molecule has 0 fully saturated rings. The van der Waals surface area contributed by atoms with Crippen molar-refractivity contribution in [2.75, 3.05) is 13.2 Å². The highest BCUT2D eigenvalue weighted by Gasteiger charge is 1.87. The van der Waals surface area contributed by atoms with Gasteiger partial charge in [-0.3, -0.25) is 4.55 Å². The van der Waals surface area contributed by atoms with Crippen LogP contribution >= 0.6 is 0 Å². The molecule has 0 bridgehead atoms. The Kier molecular flexibility index (Phi) is 6.63. The third-order valence-corrected chi connectivity index (χ3v) is 1.10. The minimum Gasteiger partial charge on any atom is -0.491 e. The van der Waals surface area contributed by atoms with Crippen LogP contribution in [0.15, 0.2) is 30.3 Å². The average molecular weight is 235 g/mol. The molecule has 0 aliphatic carbocycles. The third kappa shape index (κ3) is 12.8. The van der Waals surface area contributed by atoms with Crippen LogP contribution in [-0.4, -0.2) is 31.3 Å². The molecule has 1 rings (SSSR count). The van der Waals surface area contributed by atoms with Gasteiger partial charge in [0.2, 0.25) is 0 Å². The monoisotopic (exact) mass is 235 g/mol. The number of benzene rings is 1. The van der Waals surface area contributed by atoms with Crippen molar-refractivity contribution >= 4 is 10.3 Å². The molecule has 0 saturated heterocycles. The second-order valence-electron chi connectivity index (χ2n) is 2.40. The van der Waals surface area contributed by atoms with Crippen molar-refractivity contribution in [2.24, 2.45) is 5.14 Å². The van der Waals surface area contributed by atoms with Crippen LogP contribution in [0.4, 0.5) is 0 Å². The molecule has 4 N–H and O–H groups in total. The zero-order valence-corrected chi connectivity index (χ0v) is 8.72. The molecule has 0 aliphatic rings. The van der Waals surface area contributed by atoms with Gasteiger partial charge in [0.25, 0.3) is 0 Å². The number of hydrogen-bond acceptors (Lipinski definition) is 4. The van der Waals surface area contributed by atoms with Crippen LogP contribution in [0.3, 0.4) is 0 Å². The zero-order valence-electron chi connectivity index (χ0n) is 7.91. The highest BCUT2D eigenvalue weighted by molar-refractivity contribution is 7.83. The van der Waals surface area contributed by atoms with Gasteiger partial charge in [-0.2, -0.15) is 8.42 Å². The molecule has 0 aromatic heterocycles. The van der Waals surface area contributed by atoms with E-state index in [-0.39, 0.29) is 6.61 Å². The molecule has 0 atom stereocenters. The number of aliphatic hydroxyl groups is 1. The van der Waals surface area contributed by atoms with Gasteiger partial charge >= 0.3 is 10.3 Å². The topological polar surface area (TPSA) is 110 Å². The highest BCUT2D eigenvalue weighted by atomic mass is 32.2. The number of aliphatic hydroxyl groups excluding tert-OH is 1. The van der Waals surface area contributed by atoms with Gasteiger partial charge in [0.05, 0.1) is 6.61 Å². The lowest BCUT2D eigenvalue weighted by Crippen LogP contribution is -2.08. The number of rotatable bonds is 3. The summed E-state index contributed by atoms with van der Waals surface area (Å²) in [5, 5.41) is 12.3. The van der Waals surface area contributed by atoms with Crippen molar-refractivity contribution in [3.05, 3.63) is 30.3 Å². The Morgan fingerprint density at radius 3 is 2.13 bits per heavy atom. The Bertz CT molecular complexity index is 343. The van der Waals surface area contributed by atoms with Gasteiger partial charge in [-0.1, -0.05) is 18.2 Å². The van der Waals surface area contributed by atoms with Crippen LogP contribution in [-0.2, 0) is 10.3 Å². The quantitative estimate of drug-likeness (QED) is 0.629. The first-order valence-electron chi connectivity index (χ1n) is 3.97. The summed E-state index contributed by atoms with van der Waals surface area (Å²) in [5.74, 6) is 0.802. The largest absolute Gasteiger partial charge is 0.491 e. The predicted molar refractivity (Wildman–Crippen MR) is 54.8 cm³/mol. The standard InChI is InChI=1S/C8H10O2.H3NO3S/c9-6-7-10-8-4-2-1-3-5-8;1-5(2,3)4/h1-5,9H,6-7H2;(H3,1,2,3,4). The second kappa shape index (κ2) is 7.18. The summed E-state index contributed by atoms with van der Waals surface area (Å²) in [6.45, 7) is 0.429. The summed E-state index contributed by atoms with van der Waals surface area (Å²) in [7, 11) is -4.17. The Morgan fingerprint density at radius 1 is 1.27 bits per heavy atom. The second-order valence-corrected chi connectivity index (χ2v) is 3.43. The van der Waals surface area contributed by atoms with Crippen molar-refractivity contribution in [3.8, 4) is 5.75 Å². The van der Waals surface area contributed by atoms with Crippen LogP contribution in [0, 0.1) is 0 Å². The zero-order chi connectivity index (χ0) is 11.7. The Labute approximate surface area is 88.2 Å². The average Bonchev–Trinajstić information content (AvgIpc) is 2.14. The number of para-hydroxylation sites is 1. The Hall–Kier alpha value is -1.15. The molecule has 1 aromatic carbocycles. The molecule has 0 unspecified atom stereocenters. The molecule has 86 valence electrons. The summed E-state index contributed by atoms with van der Waals surface area (Å²) in [4.78, 5) is 0. The van der Waals surface area contributed by atoms with Gasteiger partial charge in [-0.05, 0) is 12.1 Å². The van der Waals surface area contributed by atoms with E-state index in [1.807, 2.05) is 30.3 Å². The predicted octanol–water partition coefficient (Wildman–Crippen LogP) is -0.194. The molecule has 1 aromatic rings. The van der Waals surface area contributed by atoms with Crippen molar-refractivity contribution in [3.63, 3.8) is 0 Å². The first-order chi connectivity index (χ1) is 6.93. The minimum atomic E-state index is -4.17. The van der Waals surface area contributed by atoms with E-state index in [9.17, 15) is 0 Å². The maximum absolute atomic E-state index is 8.97. The fourth-order valence-corrected chi connectivity index (χ4v) is 0.680. The van der Waals surface area contributed by atoms with Crippen LogP contribution in [0.1, 0.15) is 0 Å². The fourth-order valence-electron chi connectivity index (χ4n) is 0.680. The highest BCUT2D eigenvalue weighted by Crippen LogP contribution is 2.06. The number of hydrogen-bond donors (Lipinski definition) is 3. The van der Waals surface area contributed by atoms with E-state index in [0.29, 0.717) is 6.61 Å². The fraction of sp³-hybridized carbons (Fsp3) is 0.250. The van der Waals surface area contributed by atoms with Gasteiger partial charge in [0.1, 0.15) is 12.4 Å². The molecule has 0 spiro atoms. The smallest absolute Gasteiger partial charge is 0.330 e. The molecule has 0 radical (unpaired) electrons. The maximum Gasteiger partial charge on any atom is 0.330 e. The van der Waals surface area contributed by atoms with Crippen molar-refractivity contribution in [2.45, 2.75) is 0 Å². The van der Waals surface area contributed by atoms with E-state index in [1.54, 1.807) is 0 Å². The van der Waals surface area contributed by atoms with Crippen molar-refractivity contribution in [1.82, 2.24) is 0 Å². The van der Waals surface area contributed by atoms with Gasteiger partial charge < -0.3 is 9.84 Å². The summed E-state index contributed by atoms with van der Waals surface area (Å²) in [6, 6.07) is 9.43. The lowest BCUT2D eigenvalue weighted by molar-refractivity contribution is 0.201. The van der Waals surface area contributed by atoms with Crippen LogP contribution < -0.4 is 9.88 Å². The number of nitrogens with two attached hydrogens (primary N) is 1. The maximum atomic E-state index is 8.97. The number of ether oxygens (including phenoxy) is 1. The normalized spacial score (nSPS) is 10.1. The third-order valence-electron chi connectivity index (χ3n) is 1.10. The molecule has 0 aliphatic heterocycles. The summed E-state index contributed by atoms with van der Waals surface area (Å²) < 4.78 is 30.3. The van der Waals surface area contributed by atoms with Crippen LogP contribution in [0.25, 0.3) is 0 Å². The molecule has 0 saturated carbocycles. The Balaban J connectivity index is 0.000000336. The first kappa shape index (κ1) is 13.8. The summed E-state index contributed by atoms with van der Waals surface area (Å²) in [6.07, 6.45) is 0. The van der Waals surface area contributed by atoms with E-state index < -0.39 is 10.3 Å². The molecule has 6 nitrogen and oxygen atoms in total. The lowest BCUT2D eigenvalue weighted by atomic mass is 10.3. The van der Waals surface area contributed by atoms with Crippen molar-refractivity contribution in [1.29, 1.82) is 0 Å². The van der Waals surface area contributed by atoms with E-state index in [0.717, 1.165) is 5.75 Å². The molecule has 7 heteroatoms. The lowest BCUT2D eigenvalue weighted by Gasteiger charge is -2.01. The van der Waals surface area contributed by atoms with Crippen molar-refractivity contribution < 1.29 is 22.8 Å².